The van der Waals surface area contributed by atoms with Gasteiger partial charge in [0.15, 0.2) is 6.10 Å². The van der Waals surface area contributed by atoms with Crippen molar-refractivity contribution in [3.05, 3.63) is 35.9 Å². The van der Waals surface area contributed by atoms with Crippen LogP contribution in [0, 0.1) is 5.41 Å². The third kappa shape index (κ3) is 7.36. The minimum absolute atomic E-state index is 0.245. The Balaban J connectivity index is 1.99. The summed E-state index contributed by atoms with van der Waals surface area (Å²) in [7, 11) is 0. The molecule has 0 aromatic heterocycles. The van der Waals surface area contributed by atoms with Gasteiger partial charge in [0.2, 0.25) is 0 Å². The third-order valence-electron chi connectivity index (χ3n) is 5.30. The first-order valence-electron chi connectivity index (χ1n) is 10.8. The molecule has 0 bridgehead atoms. The van der Waals surface area contributed by atoms with E-state index < -0.39 is 6.10 Å². The number of hydrogen-bond donors (Lipinski definition) is 2. The molecule has 1 saturated heterocycles. The summed E-state index contributed by atoms with van der Waals surface area (Å²) >= 11 is 0. The third-order valence-corrected chi connectivity index (χ3v) is 5.30. The Morgan fingerprint density at radius 3 is 2.57 bits per heavy atom. The van der Waals surface area contributed by atoms with Gasteiger partial charge < -0.3 is 20.2 Å². The van der Waals surface area contributed by atoms with E-state index >= 15 is 0 Å². The fourth-order valence-corrected chi connectivity index (χ4v) is 3.67. The Kier molecular flexibility index (Phi) is 10.2. The first kappa shape index (κ1) is 22.6. The van der Waals surface area contributed by atoms with Gasteiger partial charge in [-0.3, -0.25) is 4.79 Å². The van der Waals surface area contributed by atoms with E-state index in [4.69, 9.17) is 14.9 Å². The highest BCUT2D eigenvalue weighted by atomic mass is 16.6. The molecule has 3 unspecified atom stereocenters. The first-order valence-corrected chi connectivity index (χ1v) is 10.8. The van der Waals surface area contributed by atoms with Crippen LogP contribution in [0.5, 0.6) is 0 Å². The number of esters is 1. The molecule has 3 atom stereocenters. The molecule has 28 heavy (non-hydrogen) atoms. The van der Waals surface area contributed by atoms with Crippen LogP contribution in [0.15, 0.2) is 30.3 Å². The second kappa shape index (κ2) is 12.7. The normalized spacial score (nSPS) is 19.0. The standard InChI is InChI=1S/C23H36N2O3/c1-3-4-5-6-7-11-14-20(19-12-9-8-10-13-19)23(26)28-22(18(2)24)21-17-25-15-16-27-21/h8-10,12-13,20-22,24-25H,3-7,11,14-17H2,1-2H3. The molecule has 0 saturated carbocycles. The molecule has 0 aliphatic carbocycles. The number of ether oxygens (including phenoxy) is 2. The molecule has 1 fully saturated rings. The van der Waals surface area contributed by atoms with Gasteiger partial charge in [0.05, 0.1) is 12.5 Å². The van der Waals surface area contributed by atoms with Gasteiger partial charge in [-0.25, -0.2) is 0 Å². The van der Waals surface area contributed by atoms with Crippen LogP contribution in [0.4, 0.5) is 0 Å². The highest BCUT2D eigenvalue weighted by molar-refractivity contribution is 5.88. The molecule has 0 radical (unpaired) electrons. The van der Waals surface area contributed by atoms with Gasteiger partial charge in [0.25, 0.3) is 0 Å². The van der Waals surface area contributed by atoms with Gasteiger partial charge in [-0.2, -0.15) is 0 Å². The molecule has 0 spiro atoms. The van der Waals surface area contributed by atoms with Crippen molar-refractivity contribution in [2.45, 2.75) is 76.9 Å². The molecule has 2 N–H and O–H groups in total. The molecule has 156 valence electrons. The number of carbonyl (C=O) groups excluding carboxylic acids is 1. The molecule has 1 aromatic rings. The van der Waals surface area contributed by atoms with Crippen molar-refractivity contribution in [3.63, 3.8) is 0 Å². The lowest BCUT2D eigenvalue weighted by Crippen LogP contribution is -2.49. The summed E-state index contributed by atoms with van der Waals surface area (Å²) in [6, 6.07) is 9.87. The van der Waals surface area contributed by atoms with Gasteiger partial charge in [0, 0.05) is 18.8 Å². The quantitative estimate of drug-likeness (QED) is 0.315. The van der Waals surface area contributed by atoms with Crippen LogP contribution < -0.4 is 5.32 Å². The number of carbonyl (C=O) groups is 1. The molecule has 5 heteroatoms. The van der Waals surface area contributed by atoms with Gasteiger partial charge in [-0.05, 0) is 18.9 Å². The smallest absolute Gasteiger partial charge is 0.314 e. The molecular formula is C23H36N2O3. The summed E-state index contributed by atoms with van der Waals surface area (Å²) in [4.78, 5) is 13.1. The highest BCUT2D eigenvalue weighted by Gasteiger charge is 2.32. The molecule has 2 rings (SSSR count). The predicted molar refractivity (Wildman–Crippen MR) is 113 cm³/mol. The summed E-state index contributed by atoms with van der Waals surface area (Å²) in [5.41, 5.74) is 1.32. The zero-order chi connectivity index (χ0) is 20.2. The fraction of sp³-hybridized carbons (Fsp3) is 0.652. The molecule has 1 aliphatic rings. The van der Waals surface area contributed by atoms with Crippen molar-refractivity contribution in [3.8, 4) is 0 Å². The second-order valence-electron chi connectivity index (χ2n) is 7.67. The molecule has 1 aliphatic heterocycles. The molecule has 1 heterocycles. The van der Waals surface area contributed by atoms with Gasteiger partial charge >= 0.3 is 5.97 Å². The van der Waals surface area contributed by atoms with E-state index in [0.717, 1.165) is 31.4 Å². The summed E-state index contributed by atoms with van der Waals surface area (Å²) in [6.45, 7) is 5.86. The van der Waals surface area contributed by atoms with E-state index in [1.165, 1.54) is 25.7 Å². The summed E-state index contributed by atoms with van der Waals surface area (Å²) in [6.07, 6.45) is 7.00. The van der Waals surface area contributed by atoms with Crippen molar-refractivity contribution < 1.29 is 14.3 Å². The zero-order valence-electron chi connectivity index (χ0n) is 17.4. The van der Waals surface area contributed by atoms with Crippen molar-refractivity contribution in [1.29, 1.82) is 5.41 Å². The van der Waals surface area contributed by atoms with E-state index in [0.29, 0.717) is 18.9 Å². The number of morpholine rings is 1. The maximum Gasteiger partial charge on any atom is 0.314 e. The van der Waals surface area contributed by atoms with Crippen molar-refractivity contribution in [2.75, 3.05) is 19.7 Å². The van der Waals surface area contributed by atoms with Gasteiger partial charge in [-0.15, -0.1) is 0 Å². The van der Waals surface area contributed by atoms with Crippen LogP contribution in [0.25, 0.3) is 0 Å². The average molecular weight is 389 g/mol. The van der Waals surface area contributed by atoms with E-state index in [1.54, 1.807) is 6.92 Å². The van der Waals surface area contributed by atoms with Gasteiger partial charge in [0.1, 0.15) is 6.10 Å². The maximum absolute atomic E-state index is 13.1. The minimum atomic E-state index is -0.629. The highest BCUT2D eigenvalue weighted by Crippen LogP contribution is 2.26. The van der Waals surface area contributed by atoms with E-state index in [-0.39, 0.29) is 18.0 Å². The lowest BCUT2D eigenvalue weighted by Gasteiger charge is -2.31. The van der Waals surface area contributed by atoms with Crippen LogP contribution in [-0.2, 0) is 14.3 Å². The molecule has 5 nitrogen and oxygen atoms in total. The SMILES string of the molecule is CCCCCCCCC(C(=O)OC(C(C)=N)C1CNCCO1)c1ccccc1. The van der Waals surface area contributed by atoms with Crippen molar-refractivity contribution >= 4 is 11.7 Å². The van der Waals surface area contributed by atoms with Crippen LogP contribution in [0.3, 0.4) is 0 Å². The Morgan fingerprint density at radius 1 is 1.21 bits per heavy atom. The van der Waals surface area contributed by atoms with E-state index in [2.05, 4.69) is 12.2 Å². The largest absolute Gasteiger partial charge is 0.453 e. The number of hydrogen-bond acceptors (Lipinski definition) is 5. The van der Waals surface area contributed by atoms with Crippen LogP contribution in [-0.4, -0.2) is 43.6 Å². The lowest BCUT2D eigenvalue weighted by molar-refractivity contribution is -0.155. The number of rotatable bonds is 12. The maximum atomic E-state index is 13.1. The number of nitrogens with one attached hydrogen (secondary N) is 2. The Hall–Kier alpha value is -1.72. The van der Waals surface area contributed by atoms with Crippen LogP contribution in [0.2, 0.25) is 0 Å². The Labute approximate surface area is 169 Å². The Bertz CT molecular complexity index is 585. The van der Waals surface area contributed by atoms with Gasteiger partial charge in [-0.1, -0.05) is 75.8 Å². The Morgan fingerprint density at radius 2 is 1.93 bits per heavy atom. The lowest BCUT2D eigenvalue weighted by atomic mass is 9.92. The van der Waals surface area contributed by atoms with E-state index in [9.17, 15) is 4.79 Å². The van der Waals surface area contributed by atoms with Crippen molar-refractivity contribution in [1.82, 2.24) is 5.32 Å². The summed E-state index contributed by atoms with van der Waals surface area (Å²) in [5.74, 6) is -0.531. The monoisotopic (exact) mass is 388 g/mol. The molecule has 1 aromatic carbocycles. The van der Waals surface area contributed by atoms with Crippen LogP contribution in [0.1, 0.15) is 70.3 Å². The van der Waals surface area contributed by atoms with Crippen LogP contribution >= 0.6 is 0 Å². The molecular weight excluding hydrogens is 352 g/mol. The average Bonchev–Trinajstić information content (AvgIpc) is 2.72. The minimum Gasteiger partial charge on any atom is -0.453 e. The van der Waals surface area contributed by atoms with E-state index in [1.807, 2.05) is 30.3 Å². The first-order chi connectivity index (χ1) is 13.6. The number of unbranched alkanes of at least 4 members (excludes halogenated alkanes) is 5. The number of benzene rings is 1. The summed E-state index contributed by atoms with van der Waals surface area (Å²) < 4.78 is 11.6. The zero-order valence-corrected chi connectivity index (χ0v) is 17.4. The second-order valence-corrected chi connectivity index (χ2v) is 7.67. The predicted octanol–water partition coefficient (Wildman–Crippen LogP) is 4.46. The fourth-order valence-electron chi connectivity index (χ4n) is 3.67. The summed E-state index contributed by atoms with van der Waals surface area (Å²) in [5, 5.41) is 11.3. The molecule has 0 amide bonds. The topological polar surface area (TPSA) is 71.4 Å². The van der Waals surface area contributed by atoms with Crippen molar-refractivity contribution in [2.24, 2.45) is 0 Å².